The summed E-state index contributed by atoms with van der Waals surface area (Å²) in [5, 5.41) is 9.08. The normalized spacial score (nSPS) is 15.0. The lowest BCUT2D eigenvalue weighted by Gasteiger charge is -2.22. The molecule has 0 atom stereocenters. The Bertz CT molecular complexity index is 557. The summed E-state index contributed by atoms with van der Waals surface area (Å²) in [5.41, 5.74) is 1.63. The zero-order valence-electron chi connectivity index (χ0n) is 13.5. The topological polar surface area (TPSA) is 70.2 Å². The Kier molecular flexibility index (Phi) is 6.71. The van der Waals surface area contributed by atoms with Crippen molar-refractivity contribution in [3.05, 3.63) is 28.8 Å². The zero-order chi connectivity index (χ0) is 16.7. The first-order chi connectivity index (χ1) is 11.0. The number of hydrogen-bond acceptors (Lipinski definition) is 2. The first-order valence-corrected chi connectivity index (χ1v) is 8.53. The van der Waals surface area contributed by atoms with E-state index < -0.39 is 0 Å². The van der Waals surface area contributed by atoms with Crippen molar-refractivity contribution in [1.82, 2.24) is 10.6 Å². The minimum Gasteiger partial charge on any atom is -0.338 e. The third kappa shape index (κ3) is 6.10. The lowest BCUT2D eigenvalue weighted by molar-refractivity contribution is -0.116. The van der Waals surface area contributed by atoms with E-state index in [2.05, 4.69) is 16.0 Å². The van der Waals surface area contributed by atoms with Gasteiger partial charge in [-0.25, -0.2) is 4.79 Å². The fraction of sp³-hybridized carbons (Fsp3) is 0.529. The number of anilines is 1. The molecular weight excluding hydrogens is 314 g/mol. The summed E-state index contributed by atoms with van der Waals surface area (Å²) in [4.78, 5) is 23.6. The van der Waals surface area contributed by atoms with Gasteiger partial charge in [0.15, 0.2) is 0 Å². The smallest absolute Gasteiger partial charge is 0.315 e. The van der Waals surface area contributed by atoms with E-state index in [1.54, 1.807) is 6.07 Å². The van der Waals surface area contributed by atoms with Gasteiger partial charge in [0.1, 0.15) is 0 Å². The van der Waals surface area contributed by atoms with Crippen molar-refractivity contribution >= 4 is 29.2 Å². The lowest BCUT2D eigenvalue weighted by atomic mass is 9.96. The minimum absolute atomic E-state index is 0.150. The van der Waals surface area contributed by atoms with Crippen LogP contribution >= 0.6 is 11.6 Å². The molecule has 1 aromatic carbocycles. The molecule has 1 saturated carbocycles. The van der Waals surface area contributed by atoms with Crippen LogP contribution < -0.4 is 16.0 Å². The number of carbonyl (C=O) groups excluding carboxylic acids is 2. The summed E-state index contributed by atoms with van der Waals surface area (Å²) in [7, 11) is 0. The number of halogens is 1. The number of benzene rings is 1. The van der Waals surface area contributed by atoms with E-state index in [4.69, 9.17) is 11.6 Å². The molecule has 0 unspecified atom stereocenters. The average molecular weight is 338 g/mol. The van der Waals surface area contributed by atoms with Crippen molar-refractivity contribution in [2.45, 2.75) is 51.5 Å². The summed E-state index contributed by atoms with van der Waals surface area (Å²) >= 11 is 6.02. The van der Waals surface area contributed by atoms with Crippen LogP contribution in [-0.2, 0) is 4.79 Å². The molecule has 3 N–H and O–H groups in total. The van der Waals surface area contributed by atoms with Gasteiger partial charge in [0, 0.05) is 29.7 Å². The Morgan fingerprint density at radius 2 is 1.96 bits per heavy atom. The number of nitrogens with one attached hydrogen (secondary N) is 3. The molecule has 1 fully saturated rings. The second-order valence-corrected chi connectivity index (χ2v) is 6.40. The highest BCUT2D eigenvalue weighted by atomic mass is 35.5. The Morgan fingerprint density at radius 1 is 1.22 bits per heavy atom. The van der Waals surface area contributed by atoms with Crippen LogP contribution in [0.3, 0.4) is 0 Å². The van der Waals surface area contributed by atoms with E-state index in [1.165, 1.54) is 19.3 Å². The maximum Gasteiger partial charge on any atom is 0.315 e. The number of amides is 3. The van der Waals surface area contributed by atoms with E-state index in [0.29, 0.717) is 17.3 Å². The van der Waals surface area contributed by atoms with Gasteiger partial charge >= 0.3 is 6.03 Å². The van der Waals surface area contributed by atoms with Crippen LogP contribution in [-0.4, -0.2) is 24.5 Å². The summed E-state index contributed by atoms with van der Waals surface area (Å²) < 4.78 is 0. The molecule has 0 aromatic heterocycles. The number of rotatable bonds is 5. The molecule has 3 amide bonds. The fourth-order valence-electron chi connectivity index (χ4n) is 2.67. The summed E-state index contributed by atoms with van der Waals surface area (Å²) in [6, 6.07) is 5.46. The molecule has 6 heteroatoms. The van der Waals surface area contributed by atoms with Gasteiger partial charge in [-0.15, -0.1) is 0 Å². The van der Waals surface area contributed by atoms with Gasteiger partial charge < -0.3 is 16.0 Å². The quantitative estimate of drug-likeness (QED) is 0.768. The summed E-state index contributed by atoms with van der Waals surface area (Å²) in [6.07, 6.45) is 5.91. The van der Waals surface area contributed by atoms with Gasteiger partial charge in [-0.05, 0) is 37.5 Å². The van der Waals surface area contributed by atoms with Crippen LogP contribution in [0.25, 0.3) is 0 Å². The van der Waals surface area contributed by atoms with Crippen molar-refractivity contribution in [3.63, 3.8) is 0 Å². The van der Waals surface area contributed by atoms with E-state index in [-0.39, 0.29) is 24.4 Å². The van der Waals surface area contributed by atoms with Gasteiger partial charge in [-0.2, -0.15) is 0 Å². The fourth-order valence-corrected chi connectivity index (χ4v) is 2.85. The number of hydrogen-bond donors (Lipinski definition) is 3. The number of carbonyl (C=O) groups is 2. The Labute approximate surface area is 142 Å². The molecule has 0 bridgehead atoms. The molecule has 126 valence electrons. The standard InChI is InChI=1S/C17H24ClN3O2/c1-12-7-8-14(11-15(12)18)20-16(22)9-10-19-17(23)21-13-5-3-2-4-6-13/h7-8,11,13H,2-6,9-10H2,1H3,(H,20,22)(H2,19,21,23). The van der Waals surface area contributed by atoms with Crippen LogP contribution in [0.15, 0.2) is 18.2 Å². The molecule has 0 heterocycles. The predicted octanol–water partition coefficient (Wildman–Crippen LogP) is 3.61. The van der Waals surface area contributed by atoms with Crippen LogP contribution in [0, 0.1) is 6.92 Å². The minimum atomic E-state index is -0.192. The predicted molar refractivity (Wildman–Crippen MR) is 92.8 cm³/mol. The van der Waals surface area contributed by atoms with E-state index in [1.807, 2.05) is 19.1 Å². The third-order valence-electron chi connectivity index (χ3n) is 4.03. The maximum atomic E-state index is 11.9. The molecule has 5 nitrogen and oxygen atoms in total. The van der Waals surface area contributed by atoms with E-state index in [0.717, 1.165) is 18.4 Å². The molecule has 1 aliphatic carbocycles. The van der Waals surface area contributed by atoms with Crippen LogP contribution in [0.1, 0.15) is 44.1 Å². The van der Waals surface area contributed by atoms with Crippen molar-refractivity contribution in [2.75, 3.05) is 11.9 Å². The molecular formula is C17H24ClN3O2. The third-order valence-corrected chi connectivity index (χ3v) is 4.44. The van der Waals surface area contributed by atoms with Crippen LogP contribution in [0.5, 0.6) is 0 Å². The molecule has 1 aliphatic rings. The molecule has 0 spiro atoms. The summed E-state index contributed by atoms with van der Waals surface area (Å²) in [5.74, 6) is -0.150. The SMILES string of the molecule is Cc1ccc(NC(=O)CCNC(=O)NC2CCCCC2)cc1Cl. The zero-order valence-corrected chi connectivity index (χ0v) is 14.2. The molecule has 1 aromatic rings. The second kappa shape index (κ2) is 8.77. The van der Waals surface area contributed by atoms with Gasteiger partial charge in [-0.3, -0.25) is 4.79 Å². The van der Waals surface area contributed by atoms with Crippen LogP contribution in [0.2, 0.25) is 5.02 Å². The highest BCUT2D eigenvalue weighted by Crippen LogP contribution is 2.20. The maximum absolute atomic E-state index is 11.9. The first-order valence-electron chi connectivity index (χ1n) is 8.15. The lowest BCUT2D eigenvalue weighted by Crippen LogP contribution is -2.43. The van der Waals surface area contributed by atoms with E-state index in [9.17, 15) is 9.59 Å². The largest absolute Gasteiger partial charge is 0.338 e. The first kappa shape index (κ1) is 17.6. The Morgan fingerprint density at radius 3 is 2.65 bits per heavy atom. The van der Waals surface area contributed by atoms with Crippen molar-refractivity contribution < 1.29 is 9.59 Å². The molecule has 2 rings (SSSR count). The number of urea groups is 1. The highest BCUT2D eigenvalue weighted by Gasteiger charge is 2.15. The second-order valence-electron chi connectivity index (χ2n) is 6.00. The monoisotopic (exact) mass is 337 g/mol. The van der Waals surface area contributed by atoms with Crippen molar-refractivity contribution in [3.8, 4) is 0 Å². The molecule has 0 aliphatic heterocycles. The van der Waals surface area contributed by atoms with Gasteiger partial charge in [-0.1, -0.05) is 36.9 Å². The van der Waals surface area contributed by atoms with E-state index >= 15 is 0 Å². The molecule has 0 saturated heterocycles. The molecule has 23 heavy (non-hydrogen) atoms. The van der Waals surface area contributed by atoms with Crippen LogP contribution in [0.4, 0.5) is 10.5 Å². The van der Waals surface area contributed by atoms with Crippen molar-refractivity contribution in [1.29, 1.82) is 0 Å². The average Bonchev–Trinajstić information content (AvgIpc) is 2.52. The Balaban J connectivity index is 1.65. The highest BCUT2D eigenvalue weighted by molar-refractivity contribution is 6.31. The Hall–Kier alpha value is -1.75. The van der Waals surface area contributed by atoms with Crippen molar-refractivity contribution in [2.24, 2.45) is 0 Å². The van der Waals surface area contributed by atoms with Gasteiger partial charge in [0.2, 0.25) is 5.91 Å². The molecule has 0 radical (unpaired) electrons. The van der Waals surface area contributed by atoms with Gasteiger partial charge in [0.05, 0.1) is 0 Å². The number of aryl methyl sites for hydroxylation is 1. The summed E-state index contributed by atoms with van der Waals surface area (Å²) in [6.45, 7) is 2.22. The van der Waals surface area contributed by atoms with Gasteiger partial charge in [0.25, 0.3) is 0 Å².